The SMILES string of the molecule is COCc1cn(-c2cc(C)[nH]n2)c2nc(OC(C)c3ccc(F)cn3)ccc12. The summed E-state index contributed by atoms with van der Waals surface area (Å²) in [6, 6.07) is 8.66. The van der Waals surface area contributed by atoms with E-state index in [-0.39, 0.29) is 11.9 Å². The van der Waals surface area contributed by atoms with E-state index in [1.165, 1.54) is 12.3 Å². The molecule has 0 fully saturated rings. The van der Waals surface area contributed by atoms with Crippen molar-refractivity contribution in [2.24, 2.45) is 0 Å². The highest BCUT2D eigenvalue weighted by molar-refractivity contribution is 5.82. The van der Waals surface area contributed by atoms with E-state index in [1.807, 2.05) is 42.8 Å². The summed E-state index contributed by atoms with van der Waals surface area (Å²) in [4.78, 5) is 8.75. The molecule has 7 nitrogen and oxygen atoms in total. The molecule has 0 spiro atoms. The first kappa shape index (κ1) is 18.1. The number of hydrogen-bond donors (Lipinski definition) is 1. The van der Waals surface area contributed by atoms with Crippen LogP contribution >= 0.6 is 0 Å². The van der Waals surface area contributed by atoms with Crippen LogP contribution in [0.4, 0.5) is 4.39 Å². The lowest BCUT2D eigenvalue weighted by atomic mass is 10.2. The Balaban J connectivity index is 1.71. The van der Waals surface area contributed by atoms with Gasteiger partial charge in [-0.2, -0.15) is 10.1 Å². The Morgan fingerprint density at radius 2 is 2.11 bits per heavy atom. The summed E-state index contributed by atoms with van der Waals surface area (Å²) in [5.41, 5.74) is 3.30. The van der Waals surface area contributed by atoms with Gasteiger partial charge in [-0.05, 0) is 32.0 Å². The van der Waals surface area contributed by atoms with Gasteiger partial charge >= 0.3 is 0 Å². The van der Waals surface area contributed by atoms with Crippen molar-refractivity contribution in [2.75, 3.05) is 7.11 Å². The second-order valence-corrected chi connectivity index (χ2v) is 6.55. The first-order valence-corrected chi connectivity index (χ1v) is 8.85. The van der Waals surface area contributed by atoms with Crippen molar-refractivity contribution < 1.29 is 13.9 Å². The predicted octanol–water partition coefficient (Wildman–Crippen LogP) is 3.88. The molecule has 0 aliphatic carbocycles. The van der Waals surface area contributed by atoms with Crippen molar-refractivity contribution >= 4 is 11.0 Å². The Hall–Kier alpha value is -3.26. The number of nitrogens with zero attached hydrogens (tertiary/aromatic N) is 4. The molecule has 4 aromatic rings. The van der Waals surface area contributed by atoms with Gasteiger partial charge in [0.1, 0.15) is 17.6 Å². The topological polar surface area (TPSA) is 77.9 Å². The molecule has 0 aliphatic heterocycles. The largest absolute Gasteiger partial charge is 0.468 e. The highest BCUT2D eigenvalue weighted by atomic mass is 19.1. The molecule has 0 aromatic carbocycles. The number of nitrogens with one attached hydrogen (secondary N) is 1. The highest BCUT2D eigenvalue weighted by Crippen LogP contribution is 2.27. The fourth-order valence-electron chi connectivity index (χ4n) is 3.06. The molecule has 0 aliphatic rings. The number of fused-ring (bicyclic) bond motifs is 1. The van der Waals surface area contributed by atoms with Gasteiger partial charge in [0.25, 0.3) is 0 Å². The van der Waals surface area contributed by atoms with Crippen molar-refractivity contribution in [1.29, 1.82) is 0 Å². The molecule has 4 heterocycles. The molecule has 1 N–H and O–H groups in total. The minimum absolute atomic E-state index is 0.375. The molecule has 144 valence electrons. The average Bonchev–Trinajstić information content (AvgIpc) is 3.26. The minimum Gasteiger partial charge on any atom is -0.468 e. The third kappa shape index (κ3) is 3.46. The molecule has 8 heteroatoms. The van der Waals surface area contributed by atoms with Crippen LogP contribution in [0.3, 0.4) is 0 Å². The van der Waals surface area contributed by atoms with Crippen LogP contribution in [0.2, 0.25) is 0 Å². The van der Waals surface area contributed by atoms with E-state index in [1.54, 1.807) is 13.2 Å². The van der Waals surface area contributed by atoms with E-state index in [0.717, 1.165) is 28.1 Å². The number of rotatable bonds is 6. The van der Waals surface area contributed by atoms with Crippen LogP contribution in [0.25, 0.3) is 16.9 Å². The van der Waals surface area contributed by atoms with Gasteiger partial charge in [-0.25, -0.2) is 4.39 Å². The average molecular weight is 381 g/mol. The number of methoxy groups -OCH3 is 1. The van der Waals surface area contributed by atoms with E-state index >= 15 is 0 Å². The van der Waals surface area contributed by atoms with Gasteiger partial charge < -0.3 is 9.47 Å². The zero-order chi connectivity index (χ0) is 19.7. The first-order chi connectivity index (χ1) is 13.5. The van der Waals surface area contributed by atoms with Crippen molar-refractivity contribution in [2.45, 2.75) is 26.6 Å². The number of halogens is 1. The summed E-state index contributed by atoms with van der Waals surface area (Å²) in [6.45, 7) is 4.25. The predicted molar refractivity (Wildman–Crippen MR) is 102 cm³/mol. The Bertz CT molecular complexity index is 1100. The van der Waals surface area contributed by atoms with Gasteiger partial charge in [0.15, 0.2) is 5.82 Å². The van der Waals surface area contributed by atoms with E-state index in [4.69, 9.17) is 9.47 Å². The third-order valence-electron chi connectivity index (χ3n) is 4.41. The maximum Gasteiger partial charge on any atom is 0.215 e. The minimum atomic E-state index is -0.381. The van der Waals surface area contributed by atoms with Crippen LogP contribution in [0.15, 0.2) is 42.7 Å². The number of ether oxygens (including phenoxy) is 2. The molecule has 0 saturated heterocycles. The van der Waals surface area contributed by atoms with Crippen molar-refractivity contribution in [1.82, 2.24) is 24.7 Å². The zero-order valence-corrected chi connectivity index (χ0v) is 15.8. The summed E-state index contributed by atoms with van der Waals surface area (Å²) < 4.78 is 26.2. The summed E-state index contributed by atoms with van der Waals surface area (Å²) in [5, 5.41) is 8.23. The smallest absolute Gasteiger partial charge is 0.215 e. The van der Waals surface area contributed by atoms with E-state index in [0.29, 0.717) is 18.2 Å². The molecule has 4 rings (SSSR count). The van der Waals surface area contributed by atoms with Gasteiger partial charge in [-0.15, -0.1) is 0 Å². The van der Waals surface area contributed by atoms with Crippen molar-refractivity contribution in [3.05, 3.63) is 65.5 Å². The molecule has 0 amide bonds. The van der Waals surface area contributed by atoms with Crippen LogP contribution < -0.4 is 4.74 Å². The molecule has 4 aromatic heterocycles. The lowest BCUT2D eigenvalue weighted by Gasteiger charge is -2.13. The third-order valence-corrected chi connectivity index (χ3v) is 4.41. The lowest BCUT2D eigenvalue weighted by molar-refractivity contribution is 0.186. The number of aromatic nitrogens is 5. The van der Waals surface area contributed by atoms with Crippen LogP contribution in [-0.4, -0.2) is 31.8 Å². The van der Waals surface area contributed by atoms with E-state index in [9.17, 15) is 4.39 Å². The van der Waals surface area contributed by atoms with Crippen LogP contribution in [0.5, 0.6) is 5.88 Å². The second-order valence-electron chi connectivity index (χ2n) is 6.55. The summed E-state index contributed by atoms with van der Waals surface area (Å²) in [5.74, 6) is 0.803. The molecular weight excluding hydrogens is 361 g/mol. The summed E-state index contributed by atoms with van der Waals surface area (Å²) in [6.07, 6.45) is 2.76. The standard InChI is InChI=1S/C20H20FN5O2/c1-12-8-18(25-24-12)26-10-14(11-27-3)16-5-7-19(23-20(16)26)28-13(2)17-6-4-15(21)9-22-17/h4-10,13H,11H2,1-3H3,(H,24,25). The Morgan fingerprint density at radius 1 is 1.25 bits per heavy atom. The second kappa shape index (κ2) is 7.40. The number of H-pyrrole nitrogens is 1. The van der Waals surface area contributed by atoms with E-state index in [2.05, 4.69) is 20.2 Å². The lowest BCUT2D eigenvalue weighted by Crippen LogP contribution is -2.07. The van der Waals surface area contributed by atoms with Crippen LogP contribution in [-0.2, 0) is 11.3 Å². The fraction of sp³-hybridized carbons (Fsp3) is 0.250. The van der Waals surface area contributed by atoms with Gasteiger partial charge in [0, 0.05) is 42.1 Å². The molecule has 1 atom stereocenters. The van der Waals surface area contributed by atoms with Gasteiger partial charge in [-0.1, -0.05) is 0 Å². The van der Waals surface area contributed by atoms with Gasteiger partial charge in [-0.3, -0.25) is 14.6 Å². The van der Waals surface area contributed by atoms with Crippen molar-refractivity contribution in [3.63, 3.8) is 0 Å². The monoisotopic (exact) mass is 381 g/mol. The molecular formula is C20H20FN5O2. The molecule has 28 heavy (non-hydrogen) atoms. The maximum atomic E-state index is 13.1. The van der Waals surface area contributed by atoms with E-state index < -0.39 is 0 Å². The Kier molecular flexibility index (Phi) is 4.79. The quantitative estimate of drug-likeness (QED) is 0.548. The Morgan fingerprint density at radius 3 is 2.79 bits per heavy atom. The number of aryl methyl sites for hydroxylation is 1. The first-order valence-electron chi connectivity index (χ1n) is 8.85. The Labute approximate surface area is 161 Å². The van der Waals surface area contributed by atoms with Crippen LogP contribution in [0, 0.1) is 12.7 Å². The van der Waals surface area contributed by atoms with Crippen LogP contribution in [0.1, 0.15) is 30.0 Å². The fourth-order valence-corrected chi connectivity index (χ4v) is 3.06. The highest BCUT2D eigenvalue weighted by Gasteiger charge is 2.16. The van der Waals surface area contributed by atoms with Gasteiger partial charge in [0.2, 0.25) is 5.88 Å². The van der Waals surface area contributed by atoms with Crippen molar-refractivity contribution in [3.8, 4) is 11.7 Å². The number of aromatic amines is 1. The molecule has 0 bridgehead atoms. The molecule has 0 saturated carbocycles. The summed E-state index contributed by atoms with van der Waals surface area (Å²) in [7, 11) is 1.66. The zero-order valence-electron chi connectivity index (χ0n) is 15.8. The molecule has 1 unspecified atom stereocenters. The molecule has 0 radical (unpaired) electrons. The summed E-state index contributed by atoms with van der Waals surface area (Å²) >= 11 is 0. The number of pyridine rings is 2. The normalized spacial score (nSPS) is 12.4. The number of hydrogen-bond acceptors (Lipinski definition) is 5. The maximum absolute atomic E-state index is 13.1. The van der Waals surface area contributed by atoms with Gasteiger partial charge in [0.05, 0.1) is 18.5 Å².